The summed E-state index contributed by atoms with van der Waals surface area (Å²) in [6.07, 6.45) is 6.76. The molecule has 0 amide bonds. The number of Topliss-reactive ketones (excluding diaryl/α,β-unsaturated/α-hetero) is 1. The van der Waals surface area contributed by atoms with E-state index in [9.17, 15) is 4.79 Å². The zero-order chi connectivity index (χ0) is 13.1. The molecule has 4 bridgehead atoms. The van der Waals surface area contributed by atoms with Crippen LogP contribution in [0.15, 0.2) is 9.85 Å². The van der Waals surface area contributed by atoms with Crippen LogP contribution in [-0.2, 0) is 0 Å². The highest BCUT2D eigenvalue weighted by Crippen LogP contribution is 2.57. The SMILES string of the molecule is Cc1sc(Br)cc1C(=O)C1C2CC3CC(C2)CC1C3. The number of rotatable bonds is 2. The number of halogens is 1. The van der Waals surface area contributed by atoms with Gasteiger partial charge in [0, 0.05) is 16.4 Å². The quantitative estimate of drug-likeness (QED) is 0.687. The molecule has 0 unspecified atom stereocenters. The average Bonchev–Trinajstić information content (AvgIpc) is 2.66. The summed E-state index contributed by atoms with van der Waals surface area (Å²) >= 11 is 5.21. The van der Waals surface area contributed by atoms with Gasteiger partial charge in [-0.25, -0.2) is 0 Å². The minimum Gasteiger partial charge on any atom is -0.294 e. The number of hydrogen-bond donors (Lipinski definition) is 0. The van der Waals surface area contributed by atoms with Crippen LogP contribution in [0.4, 0.5) is 0 Å². The Morgan fingerprint density at radius 3 is 2.21 bits per heavy atom. The van der Waals surface area contributed by atoms with Crippen LogP contribution in [0.2, 0.25) is 0 Å². The van der Waals surface area contributed by atoms with Crippen LogP contribution < -0.4 is 0 Å². The predicted octanol–water partition coefficient (Wildman–Crippen LogP) is 5.07. The molecule has 19 heavy (non-hydrogen) atoms. The molecule has 5 rings (SSSR count). The van der Waals surface area contributed by atoms with E-state index in [2.05, 4.69) is 22.9 Å². The maximum Gasteiger partial charge on any atom is 0.167 e. The second-order valence-electron chi connectivity index (χ2n) is 6.84. The van der Waals surface area contributed by atoms with Crippen molar-refractivity contribution < 1.29 is 4.79 Å². The van der Waals surface area contributed by atoms with Crippen LogP contribution in [-0.4, -0.2) is 5.78 Å². The van der Waals surface area contributed by atoms with E-state index < -0.39 is 0 Å². The van der Waals surface area contributed by atoms with E-state index in [1.165, 1.54) is 37.0 Å². The van der Waals surface area contributed by atoms with Crippen molar-refractivity contribution in [2.24, 2.45) is 29.6 Å². The van der Waals surface area contributed by atoms with Crippen LogP contribution in [0.1, 0.15) is 47.3 Å². The molecule has 1 aromatic heterocycles. The van der Waals surface area contributed by atoms with Gasteiger partial charge in [-0.3, -0.25) is 4.79 Å². The third-order valence-corrected chi connectivity index (χ3v) is 7.24. The van der Waals surface area contributed by atoms with Crippen LogP contribution in [0.25, 0.3) is 0 Å². The van der Waals surface area contributed by atoms with Crippen LogP contribution in [0.3, 0.4) is 0 Å². The zero-order valence-electron chi connectivity index (χ0n) is 11.2. The van der Waals surface area contributed by atoms with E-state index in [-0.39, 0.29) is 0 Å². The monoisotopic (exact) mass is 338 g/mol. The zero-order valence-corrected chi connectivity index (χ0v) is 13.6. The van der Waals surface area contributed by atoms with Crippen molar-refractivity contribution in [1.29, 1.82) is 0 Å². The lowest BCUT2D eigenvalue weighted by Gasteiger charge is -2.53. The Labute approximate surface area is 126 Å². The fourth-order valence-corrected chi connectivity index (χ4v) is 6.92. The van der Waals surface area contributed by atoms with Crippen molar-refractivity contribution in [2.45, 2.75) is 39.0 Å². The Kier molecular flexibility index (Phi) is 2.93. The van der Waals surface area contributed by atoms with E-state index in [0.717, 1.165) is 21.2 Å². The van der Waals surface area contributed by atoms with E-state index in [1.54, 1.807) is 11.3 Å². The average molecular weight is 339 g/mol. The van der Waals surface area contributed by atoms with Crippen molar-refractivity contribution in [3.8, 4) is 0 Å². The van der Waals surface area contributed by atoms with Crippen molar-refractivity contribution >= 4 is 33.0 Å². The van der Waals surface area contributed by atoms with Crippen molar-refractivity contribution in [3.63, 3.8) is 0 Å². The molecule has 4 aliphatic rings. The van der Waals surface area contributed by atoms with Gasteiger partial charge in [0.25, 0.3) is 0 Å². The highest BCUT2D eigenvalue weighted by molar-refractivity contribution is 9.11. The molecule has 4 fully saturated rings. The third-order valence-electron chi connectivity index (χ3n) is 5.68. The maximum absolute atomic E-state index is 13.0. The van der Waals surface area contributed by atoms with Gasteiger partial charge < -0.3 is 0 Å². The first-order chi connectivity index (χ1) is 9.11. The lowest BCUT2D eigenvalue weighted by molar-refractivity contribution is -0.0251. The number of thiophene rings is 1. The van der Waals surface area contributed by atoms with Gasteiger partial charge in [0.2, 0.25) is 0 Å². The molecule has 0 aliphatic heterocycles. The molecule has 0 saturated heterocycles. The molecule has 4 aliphatic carbocycles. The molecule has 0 aromatic carbocycles. The predicted molar refractivity (Wildman–Crippen MR) is 81.6 cm³/mol. The van der Waals surface area contributed by atoms with Gasteiger partial charge in [-0.05, 0) is 84.7 Å². The first kappa shape index (κ1) is 12.6. The molecule has 3 heteroatoms. The molecule has 0 radical (unpaired) electrons. The number of hydrogen-bond acceptors (Lipinski definition) is 2. The smallest absolute Gasteiger partial charge is 0.167 e. The summed E-state index contributed by atoms with van der Waals surface area (Å²) < 4.78 is 1.09. The number of carbonyl (C=O) groups is 1. The minimum atomic E-state index is 0.341. The molecule has 0 spiro atoms. The summed E-state index contributed by atoms with van der Waals surface area (Å²) in [6, 6.07) is 2.05. The normalized spacial score (nSPS) is 39.8. The number of ketones is 1. The second-order valence-corrected chi connectivity index (χ2v) is 9.48. The summed E-state index contributed by atoms with van der Waals surface area (Å²) in [5.41, 5.74) is 0.995. The molecule has 4 saturated carbocycles. The van der Waals surface area contributed by atoms with Gasteiger partial charge >= 0.3 is 0 Å². The first-order valence-corrected chi connectivity index (χ1v) is 9.03. The molecule has 1 heterocycles. The Morgan fingerprint density at radius 2 is 1.74 bits per heavy atom. The number of aryl methyl sites for hydroxylation is 1. The standard InChI is InChI=1S/C16H19BrOS/c1-8-13(7-14(17)19-8)16(18)15-11-3-9-2-10(5-11)6-12(15)4-9/h7,9-12,15H,2-6H2,1H3. The van der Waals surface area contributed by atoms with E-state index in [1.807, 2.05) is 6.07 Å². The van der Waals surface area contributed by atoms with Crippen molar-refractivity contribution in [2.75, 3.05) is 0 Å². The van der Waals surface area contributed by atoms with Gasteiger partial charge in [0.15, 0.2) is 5.78 Å². The fraction of sp³-hybridized carbons (Fsp3) is 0.688. The van der Waals surface area contributed by atoms with E-state index in [0.29, 0.717) is 23.5 Å². The fourth-order valence-electron chi connectivity index (χ4n) is 5.22. The third kappa shape index (κ3) is 1.96. The lowest BCUT2D eigenvalue weighted by Crippen LogP contribution is -2.48. The van der Waals surface area contributed by atoms with Gasteiger partial charge in [-0.15, -0.1) is 11.3 Å². The molecule has 1 aromatic rings. The summed E-state index contributed by atoms with van der Waals surface area (Å²) in [5.74, 6) is 4.08. The maximum atomic E-state index is 13.0. The number of carbonyl (C=O) groups excluding carboxylic acids is 1. The summed E-state index contributed by atoms with van der Waals surface area (Å²) in [4.78, 5) is 14.1. The molecular weight excluding hydrogens is 320 g/mol. The Morgan fingerprint density at radius 1 is 1.16 bits per heavy atom. The van der Waals surface area contributed by atoms with Gasteiger partial charge in [-0.1, -0.05) is 0 Å². The highest BCUT2D eigenvalue weighted by atomic mass is 79.9. The second kappa shape index (κ2) is 4.42. The largest absolute Gasteiger partial charge is 0.294 e. The van der Waals surface area contributed by atoms with Crippen LogP contribution in [0.5, 0.6) is 0 Å². The Balaban J connectivity index is 1.65. The summed E-state index contributed by atoms with van der Waals surface area (Å²) in [6.45, 7) is 2.08. The van der Waals surface area contributed by atoms with Crippen LogP contribution >= 0.6 is 27.3 Å². The first-order valence-electron chi connectivity index (χ1n) is 7.42. The molecule has 0 atom stereocenters. The molecule has 102 valence electrons. The molecule has 1 nitrogen and oxygen atoms in total. The topological polar surface area (TPSA) is 17.1 Å². The van der Waals surface area contributed by atoms with Gasteiger partial charge in [-0.2, -0.15) is 0 Å². The molecular formula is C16H19BrOS. The lowest BCUT2D eigenvalue weighted by atomic mass is 9.51. The Bertz CT molecular complexity index is 505. The molecule has 0 N–H and O–H groups in total. The van der Waals surface area contributed by atoms with Gasteiger partial charge in [0.1, 0.15) is 0 Å². The minimum absolute atomic E-state index is 0.341. The van der Waals surface area contributed by atoms with E-state index >= 15 is 0 Å². The van der Waals surface area contributed by atoms with Gasteiger partial charge in [0.05, 0.1) is 3.79 Å². The summed E-state index contributed by atoms with van der Waals surface area (Å²) in [5, 5.41) is 0. The van der Waals surface area contributed by atoms with Crippen molar-refractivity contribution in [3.05, 3.63) is 20.3 Å². The van der Waals surface area contributed by atoms with E-state index in [4.69, 9.17) is 0 Å². The van der Waals surface area contributed by atoms with Crippen LogP contribution in [0, 0.1) is 36.5 Å². The Hall–Kier alpha value is -0.150. The summed E-state index contributed by atoms with van der Waals surface area (Å²) in [7, 11) is 0. The highest BCUT2D eigenvalue weighted by Gasteiger charge is 2.50. The van der Waals surface area contributed by atoms with Crippen molar-refractivity contribution in [1.82, 2.24) is 0 Å².